The van der Waals surface area contributed by atoms with Crippen molar-refractivity contribution in [2.24, 2.45) is 0 Å². The molecule has 0 aliphatic carbocycles. The van der Waals surface area contributed by atoms with Gasteiger partial charge in [0.05, 0.1) is 28.2 Å². The molecular weight excluding hydrogens is 353 g/mol. The summed E-state index contributed by atoms with van der Waals surface area (Å²) < 4.78 is 14.0. The molecule has 4 rings (SSSR count). The van der Waals surface area contributed by atoms with Crippen LogP contribution in [0.2, 0.25) is 5.02 Å². The van der Waals surface area contributed by atoms with Crippen molar-refractivity contribution >= 4 is 39.8 Å². The molecular formula is C20H13ClFN3O. The highest BCUT2D eigenvalue weighted by Crippen LogP contribution is 2.28. The molecule has 6 heteroatoms. The predicted molar refractivity (Wildman–Crippen MR) is 101 cm³/mol. The molecule has 0 aliphatic heterocycles. The summed E-state index contributed by atoms with van der Waals surface area (Å²) >= 11 is 6.17. The number of carbonyl (C=O) groups excluding carboxylic acids is 1. The number of rotatable bonds is 4. The molecule has 0 radical (unpaired) electrons. The lowest BCUT2D eigenvalue weighted by Gasteiger charge is -2.08. The summed E-state index contributed by atoms with van der Waals surface area (Å²) in [7, 11) is 0. The Morgan fingerprint density at radius 3 is 2.65 bits per heavy atom. The highest BCUT2D eigenvalue weighted by Gasteiger charge is 2.18. The molecule has 0 unspecified atom stereocenters. The molecule has 4 nitrogen and oxygen atoms in total. The first kappa shape index (κ1) is 16.3. The highest BCUT2D eigenvalue weighted by molar-refractivity contribution is 6.33. The van der Waals surface area contributed by atoms with Crippen molar-refractivity contribution in [2.45, 2.75) is 0 Å². The van der Waals surface area contributed by atoms with Gasteiger partial charge in [-0.3, -0.25) is 4.79 Å². The quantitative estimate of drug-likeness (QED) is 0.480. The molecule has 0 atom stereocenters. The maximum Gasteiger partial charge on any atom is 0.198 e. The molecule has 4 aromatic rings. The molecule has 0 spiro atoms. The number of fused-ring (bicyclic) bond motifs is 1. The van der Waals surface area contributed by atoms with Crippen molar-refractivity contribution in [3.8, 4) is 0 Å². The standard InChI is InChI=1S/C20H13ClFN3O/c21-16-6-2-4-8-18(16)25-12-9-14-15(11-24-20(14)23-10-12)19(26)13-5-1-3-7-17(13)22/h1-11,25H,(H,23,24). The Labute approximate surface area is 153 Å². The predicted octanol–water partition coefficient (Wildman–Crippen LogP) is 5.33. The number of carbonyl (C=O) groups is 1. The van der Waals surface area contributed by atoms with Crippen LogP contribution in [-0.4, -0.2) is 15.8 Å². The van der Waals surface area contributed by atoms with E-state index in [0.717, 1.165) is 5.69 Å². The molecule has 26 heavy (non-hydrogen) atoms. The van der Waals surface area contributed by atoms with Gasteiger partial charge in [0.25, 0.3) is 0 Å². The minimum atomic E-state index is -0.551. The summed E-state index contributed by atoms with van der Waals surface area (Å²) in [5.74, 6) is -0.948. The zero-order valence-corrected chi connectivity index (χ0v) is 14.2. The Kier molecular flexibility index (Phi) is 4.14. The number of pyridine rings is 1. The number of hydrogen-bond acceptors (Lipinski definition) is 3. The van der Waals surface area contributed by atoms with Gasteiger partial charge >= 0.3 is 0 Å². The van der Waals surface area contributed by atoms with Crippen molar-refractivity contribution in [2.75, 3.05) is 5.32 Å². The average molecular weight is 366 g/mol. The first-order valence-corrected chi connectivity index (χ1v) is 8.29. The number of nitrogens with one attached hydrogen (secondary N) is 2. The van der Waals surface area contributed by atoms with Crippen LogP contribution < -0.4 is 5.32 Å². The van der Waals surface area contributed by atoms with Crippen molar-refractivity contribution in [1.82, 2.24) is 9.97 Å². The van der Waals surface area contributed by atoms with Gasteiger partial charge in [-0.15, -0.1) is 0 Å². The number of H-pyrrole nitrogens is 1. The maximum atomic E-state index is 14.0. The number of ketones is 1. The van der Waals surface area contributed by atoms with Crippen LogP contribution in [0.4, 0.5) is 15.8 Å². The summed E-state index contributed by atoms with van der Waals surface area (Å²) in [4.78, 5) is 20.0. The SMILES string of the molecule is O=C(c1ccccc1F)c1c[nH]c2ncc(Nc3ccccc3Cl)cc12. The van der Waals surface area contributed by atoms with Gasteiger partial charge in [0.15, 0.2) is 5.78 Å². The molecule has 128 valence electrons. The molecule has 2 N–H and O–H groups in total. The van der Waals surface area contributed by atoms with Crippen LogP contribution in [-0.2, 0) is 0 Å². The minimum absolute atomic E-state index is 0.0258. The van der Waals surface area contributed by atoms with Gasteiger partial charge in [-0.1, -0.05) is 35.9 Å². The largest absolute Gasteiger partial charge is 0.353 e. The van der Waals surface area contributed by atoms with E-state index in [9.17, 15) is 9.18 Å². The number of benzene rings is 2. The van der Waals surface area contributed by atoms with Gasteiger partial charge in [0, 0.05) is 17.1 Å². The van der Waals surface area contributed by atoms with Gasteiger partial charge in [-0.05, 0) is 30.3 Å². The molecule has 2 heterocycles. The van der Waals surface area contributed by atoms with Crippen LogP contribution in [0.1, 0.15) is 15.9 Å². The van der Waals surface area contributed by atoms with E-state index >= 15 is 0 Å². The normalized spacial score (nSPS) is 10.8. The number of halogens is 2. The van der Waals surface area contributed by atoms with Gasteiger partial charge in [0.1, 0.15) is 11.5 Å². The van der Waals surface area contributed by atoms with Crippen molar-refractivity contribution in [3.63, 3.8) is 0 Å². The topological polar surface area (TPSA) is 57.8 Å². The molecule has 0 amide bonds. The molecule has 0 aliphatic rings. The number of anilines is 2. The van der Waals surface area contributed by atoms with E-state index in [1.807, 2.05) is 18.2 Å². The van der Waals surface area contributed by atoms with E-state index in [2.05, 4.69) is 15.3 Å². The average Bonchev–Trinajstić information content (AvgIpc) is 3.07. The molecule has 2 aromatic heterocycles. The lowest BCUT2D eigenvalue weighted by molar-refractivity contribution is 0.103. The van der Waals surface area contributed by atoms with E-state index < -0.39 is 11.6 Å². The van der Waals surface area contributed by atoms with Gasteiger partial charge in [-0.2, -0.15) is 0 Å². The van der Waals surface area contributed by atoms with Crippen molar-refractivity contribution in [3.05, 3.63) is 89.0 Å². The van der Waals surface area contributed by atoms with E-state index in [1.54, 1.807) is 36.7 Å². The second-order valence-electron chi connectivity index (χ2n) is 5.74. The monoisotopic (exact) mass is 365 g/mol. The fourth-order valence-electron chi connectivity index (χ4n) is 2.77. The third-order valence-electron chi connectivity index (χ3n) is 4.05. The van der Waals surface area contributed by atoms with Gasteiger partial charge in [-0.25, -0.2) is 9.37 Å². The second kappa shape index (κ2) is 6.61. The van der Waals surface area contributed by atoms with Crippen molar-refractivity contribution in [1.29, 1.82) is 0 Å². The zero-order chi connectivity index (χ0) is 18.1. The van der Waals surface area contributed by atoms with Crippen LogP contribution in [0.3, 0.4) is 0 Å². The fourth-order valence-corrected chi connectivity index (χ4v) is 2.95. The van der Waals surface area contributed by atoms with E-state index in [-0.39, 0.29) is 5.56 Å². The van der Waals surface area contributed by atoms with E-state index in [1.165, 1.54) is 12.1 Å². The minimum Gasteiger partial charge on any atom is -0.353 e. The smallest absolute Gasteiger partial charge is 0.198 e. The summed E-state index contributed by atoms with van der Waals surface area (Å²) in [6, 6.07) is 15.0. The maximum absolute atomic E-state index is 14.0. The Hall–Kier alpha value is -3.18. The van der Waals surface area contributed by atoms with Crippen LogP contribution in [0, 0.1) is 5.82 Å². The first-order chi connectivity index (χ1) is 12.6. The number of nitrogens with zero attached hydrogens (tertiary/aromatic N) is 1. The Morgan fingerprint density at radius 2 is 1.85 bits per heavy atom. The fraction of sp³-hybridized carbons (Fsp3) is 0. The first-order valence-electron chi connectivity index (χ1n) is 7.91. The lowest BCUT2D eigenvalue weighted by Crippen LogP contribution is -2.03. The van der Waals surface area contributed by atoms with Gasteiger partial charge in [0.2, 0.25) is 0 Å². The van der Waals surface area contributed by atoms with Crippen molar-refractivity contribution < 1.29 is 9.18 Å². The zero-order valence-electron chi connectivity index (χ0n) is 13.5. The molecule has 2 aromatic carbocycles. The second-order valence-corrected chi connectivity index (χ2v) is 6.14. The Bertz CT molecular complexity index is 1120. The van der Waals surface area contributed by atoms with Crippen LogP contribution in [0.5, 0.6) is 0 Å². The number of aromatic amines is 1. The molecule has 0 saturated carbocycles. The third kappa shape index (κ3) is 2.93. The summed E-state index contributed by atoms with van der Waals surface area (Å²) in [5, 5.41) is 4.36. The summed E-state index contributed by atoms with van der Waals surface area (Å²) in [6.07, 6.45) is 3.19. The number of para-hydroxylation sites is 1. The van der Waals surface area contributed by atoms with Crippen LogP contribution in [0.25, 0.3) is 11.0 Å². The van der Waals surface area contributed by atoms with Crippen LogP contribution >= 0.6 is 11.6 Å². The highest BCUT2D eigenvalue weighted by atomic mass is 35.5. The summed E-state index contributed by atoms with van der Waals surface area (Å²) in [6.45, 7) is 0. The van der Waals surface area contributed by atoms with E-state index in [4.69, 9.17) is 11.6 Å². The third-order valence-corrected chi connectivity index (χ3v) is 4.38. The number of aromatic nitrogens is 2. The molecule has 0 bridgehead atoms. The summed E-state index contributed by atoms with van der Waals surface area (Å²) in [5.41, 5.74) is 2.34. The van der Waals surface area contributed by atoms with Gasteiger partial charge < -0.3 is 10.3 Å². The Balaban J connectivity index is 1.75. The molecule has 0 saturated heterocycles. The lowest BCUT2D eigenvalue weighted by atomic mass is 10.0. The number of hydrogen-bond donors (Lipinski definition) is 2. The van der Waals surface area contributed by atoms with Crippen LogP contribution in [0.15, 0.2) is 67.0 Å². The molecule has 0 fully saturated rings. The van der Waals surface area contributed by atoms with E-state index in [0.29, 0.717) is 27.3 Å². The Morgan fingerprint density at radius 1 is 1.08 bits per heavy atom.